The molecule has 4 rings (SSSR count). The lowest BCUT2D eigenvalue weighted by molar-refractivity contribution is 0.477. The number of phenolic OH excluding ortho intramolecular Hbond substituents is 1. The monoisotopic (exact) mass is 400 g/mol. The van der Waals surface area contributed by atoms with Crippen LogP contribution in [0.1, 0.15) is 11.1 Å². The average Bonchev–Trinajstić information content (AvgIpc) is 2.67. The summed E-state index contributed by atoms with van der Waals surface area (Å²) in [6.07, 6.45) is 0. The standard InChI is InChI=1S/C24H17BrO/c1-16(18-8-4-9-20(25)14-18)19-12-13-24(26)23(15-19)22-11-5-7-17-6-2-3-10-21(17)22/h2-15,26H,1H2. The van der Waals surface area contributed by atoms with Crippen LogP contribution in [0.4, 0.5) is 0 Å². The van der Waals surface area contributed by atoms with Crippen molar-refractivity contribution in [3.8, 4) is 16.9 Å². The van der Waals surface area contributed by atoms with Gasteiger partial charge in [0.25, 0.3) is 0 Å². The molecule has 26 heavy (non-hydrogen) atoms. The zero-order valence-corrected chi connectivity index (χ0v) is 15.7. The van der Waals surface area contributed by atoms with Crippen LogP contribution in [0.15, 0.2) is 96.0 Å². The van der Waals surface area contributed by atoms with E-state index in [1.807, 2.05) is 60.7 Å². The van der Waals surface area contributed by atoms with Crippen LogP contribution in [0, 0.1) is 0 Å². The molecule has 0 aliphatic rings. The van der Waals surface area contributed by atoms with Crippen molar-refractivity contribution in [1.29, 1.82) is 0 Å². The van der Waals surface area contributed by atoms with E-state index in [0.29, 0.717) is 0 Å². The van der Waals surface area contributed by atoms with Crippen molar-refractivity contribution in [2.24, 2.45) is 0 Å². The number of fused-ring (bicyclic) bond motifs is 1. The highest BCUT2D eigenvalue weighted by Gasteiger charge is 2.11. The third kappa shape index (κ3) is 3.04. The second-order valence-corrected chi connectivity index (χ2v) is 7.16. The molecule has 0 heterocycles. The molecule has 0 aliphatic heterocycles. The van der Waals surface area contributed by atoms with Gasteiger partial charge in [-0.05, 0) is 57.3 Å². The quantitative estimate of drug-likeness (QED) is 0.391. The molecule has 4 aromatic rings. The van der Waals surface area contributed by atoms with Crippen molar-refractivity contribution in [3.05, 3.63) is 107 Å². The van der Waals surface area contributed by atoms with Crippen molar-refractivity contribution < 1.29 is 5.11 Å². The highest BCUT2D eigenvalue weighted by atomic mass is 79.9. The lowest BCUT2D eigenvalue weighted by Gasteiger charge is -2.13. The van der Waals surface area contributed by atoms with Crippen molar-refractivity contribution in [3.63, 3.8) is 0 Å². The third-order valence-electron chi connectivity index (χ3n) is 4.60. The van der Waals surface area contributed by atoms with Crippen LogP contribution in [-0.2, 0) is 0 Å². The molecule has 1 N–H and O–H groups in total. The van der Waals surface area contributed by atoms with Gasteiger partial charge in [-0.2, -0.15) is 0 Å². The molecule has 0 unspecified atom stereocenters. The number of aromatic hydroxyl groups is 1. The summed E-state index contributed by atoms with van der Waals surface area (Å²) in [4.78, 5) is 0. The predicted octanol–water partition coefficient (Wildman–Crippen LogP) is 7.04. The third-order valence-corrected chi connectivity index (χ3v) is 5.09. The summed E-state index contributed by atoms with van der Waals surface area (Å²) in [5, 5.41) is 12.8. The van der Waals surface area contributed by atoms with E-state index in [2.05, 4.69) is 40.7 Å². The lowest BCUT2D eigenvalue weighted by atomic mass is 9.93. The minimum absolute atomic E-state index is 0.271. The normalized spacial score (nSPS) is 10.8. The second kappa shape index (κ2) is 6.81. The molecule has 0 radical (unpaired) electrons. The fourth-order valence-corrected chi connectivity index (χ4v) is 3.64. The van der Waals surface area contributed by atoms with E-state index in [0.717, 1.165) is 43.1 Å². The molecule has 0 aliphatic carbocycles. The van der Waals surface area contributed by atoms with Gasteiger partial charge >= 0.3 is 0 Å². The van der Waals surface area contributed by atoms with Crippen LogP contribution in [0.3, 0.4) is 0 Å². The maximum atomic E-state index is 10.5. The van der Waals surface area contributed by atoms with Crippen molar-refractivity contribution in [2.75, 3.05) is 0 Å². The van der Waals surface area contributed by atoms with Gasteiger partial charge in [-0.15, -0.1) is 0 Å². The molecule has 2 heteroatoms. The van der Waals surface area contributed by atoms with Gasteiger partial charge in [0.05, 0.1) is 0 Å². The summed E-state index contributed by atoms with van der Waals surface area (Å²) in [7, 11) is 0. The van der Waals surface area contributed by atoms with Gasteiger partial charge in [0.1, 0.15) is 5.75 Å². The van der Waals surface area contributed by atoms with Crippen molar-refractivity contribution in [2.45, 2.75) is 0 Å². The number of halogens is 1. The lowest BCUT2D eigenvalue weighted by Crippen LogP contribution is -1.89. The fraction of sp³-hybridized carbons (Fsp3) is 0. The molecule has 4 aromatic carbocycles. The van der Waals surface area contributed by atoms with Gasteiger partial charge in [0.2, 0.25) is 0 Å². The summed E-state index contributed by atoms with van der Waals surface area (Å²) in [6, 6.07) is 28.1. The second-order valence-electron chi connectivity index (χ2n) is 6.25. The molecule has 0 amide bonds. The Balaban J connectivity index is 1.86. The number of phenols is 1. The number of benzene rings is 4. The van der Waals surface area contributed by atoms with Gasteiger partial charge in [-0.1, -0.05) is 83.2 Å². The minimum Gasteiger partial charge on any atom is -0.507 e. The van der Waals surface area contributed by atoms with Crippen LogP contribution < -0.4 is 0 Å². The minimum atomic E-state index is 0.271. The molecule has 0 fully saturated rings. The number of rotatable bonds is 3. The molecular weight excluding hydrogens is 384 g/mol. The molecular formula is C24H17BrO. The number of hydrogen-bond acceptors (Lipinski definition) is 1. The highest BCUT2D eigenvalue weighted by Crippen LogP contribution is 2.37. The molecule has 0 saturated carbocycles. The van der Waals surface area contributed by atoms with E-state index in [1.54, 1.807) is 6.07 Å². The Morgan fingerprint density at radius 2 is 1.46 bits per heavy atom. The van der Waals surface area contributed by atoms with E-state index in [4.69, 9.17) is 0 Å². The summed E-state index contributed by atoms with van der Waals surface area (Å²) >= 11 is 3.51. The summed E-state index contributed by atoms with van der Waals surface area (Å²) in [5.41, 5.74) is 4.80. The molecule has 0 aromatic heterocycles. The van der Waals surface area contributed by atoms with Crippen molar-refractivity contribution >= 4 is 32.3 Å². The zero-order chi connectivity index (χ0) is 18.1. The van der Waals surface area contributed by atoms with E-state index >= 15 is 0 Å². The van der Waals surface area contributed by atoms with Gasteiger partial charge in [0, 0.05) is 10.0 Å². The van der Waals surface area contributed by atoms with Crippen LogP contribution in [-0.4, -0.2) is 5.11 Å². The Bertz CT molecular complexity index is 1120. The Morgan fingerprint density at radius 1 is 0.731 bits per heavy atom. The van der Waals surface area contributed by atoms with Crippen LogP contribution in [0.2, 0.25) is 0 Å². The van der Waals surface area contributed by atoms with Gasteiger partial charge in [0.15, 0.2) is 0 Å². The summed E-state index contributed by atoms with van der Waals surface area (Å²) in [5.74, 6) is 0.271. The Morgan fingerprint density at radius 3 is 2.31 bits per heavy atom. The maximum absolute atomic E-state index is 10.5. The van der Waals surface area contributed by atoms with E-state index < -0.39 is 0 Å². The molecule has 0 bridgehead atoms. The molecule has 0 atom stereocenters. The largest absolute Gasteiger partial charge is 0.507 e. The van der Waals surface area contributed by atoms with Crippen LogP contribution in [0.5, 0.6) is 5.75 Å². The first kappa shape index (κ1) is 16.6. The zero-order valence-electron chi connectivity index (χ0n) is 14.1. The topological polar surface area (TPSA) is 20.2 Å². The highest BCUT2D eigenvalue weighted by molar-refractivity contribution is 9.10. The van der Waals surface area contributed by atoms with Crippen molar-refractivity contribution in [1.82, 2.24) is 0 Å². The predicted molar refractivity (Wildman–Crippen MR) is 113 cm³/mol. The Hall–Kier alpha value is -2.84. The molecule has 126 valence electrons. The Kier molecular flexibility index (Phi) is 4.36. The molecule has 0 saturated heterocycles. The summed E-state index contributed by atoms with van der Waals surface area (Å²) in [6.45, 7) is 4.26. The number of hydrogen-bond donors (Lipinski definition) is 1. The average molecular weight is 401 g/mol. The Labute approximate surface area is 161 Å². The fourth-order valence-electron chi connectivity index (χ4n) is 3.24. The van der Waals surface area contributed by atoms with E-state index in [9.17, 15) is 5.11 Å². The molecule has 0 spiro atoms. The first-order chi connectivity index (χ1) is 12.6. The maximum Gasteiger partial charge on any atom is 0.123 e. The van der Waals surface area contributed by atoms with Gasteiger partial charge in [-0.25, -0.2) is 0 Å². The van der Waals surface area contributed by atoms with E-state index in [-0.39, 0.29) is 5.75 Å². The SMILES string of the molecule is C=C(c1cccc(Br)c1)c1ccc(O)c(-c2cccc3ccccc23)c1. The summed E-state index contributed by atoms with van der Waals surface area (Å²) < 4.78 is 1.02. The van der Waals surface area contributed by atoms with Crippen LogP contribution >= 0.6 is 15.9 Å². The first-order valence-corrected chi connectivity index (χ1v) is 9.19. The van der Waals surface area contributed by atoms with Gasteiger partial charge in [-0.3, -0.25) is 0 Å². The van der Waals surface area contributed by atoms with Gasteiger partial charge < -0.3 is 5.11 Å². The first-order valence-electron chi connectivity index (χ1n) is 8.40. The van der Waals surface area contributed by atoms with Crippen LogP contribution in [0.25, 0.3) is 27.5 Å². The van der Waals surface area contributed by atoms with E-state index in [1.165, 1.54) is 0 Å². The molecule has 1 nitrogen and oxygen atoms in total. The smallest absolute Gasteiger partial charge is 0.123 e.